The second kappa shape index (κ2) is 10.7. The summed E-state index contributed by atoms with van der Waals surface area (Å²) in [5.41, 5.74) is 5.75. The highest BCUT2D eigenvalue weighted by Crippen LogP contribution is 2.15. The summed E-state index contributed by atoms with van der Waals surface area (Å²) in [6.07, 6.45) is 5.12. The molecule has 0 spiro atoms. The van der Waals surface area contributed by atoms with Gasteiger partial charge >= 0.3 is 0 Å². The molecule has 0 bridgehead atoms. The van der Waals surface area contributed by atoms with Gasteiger partial charge in [0.2, 0.25) is 0 Å². The Bertz CT molecular complexity index is 256. The fourth-order valence-corrected chi connectivity index (χ4v) is 2.48. The van der Waals surface area contributed by atoms with Crippen molar-refractivity contribution in [2.75, 3.05) is 26.2 Å². The Balaban J connectivity index is 0.00000324. The Morgan fingerprint density at radius 2 is 2.16 bits per heavy atom. The lowest BCUT2D eigenvalue weighted by molar-refractivity contribution is 0.181. The van der Waals surface area contributed by atoms with Crippen LogP contribution < -0.4 is 11.1 Å². The zero-order valence-corrected chi connectivity index (χ0v) is 15.0. The standard InChI is InChI=1S/C14H30N4.HI/c1-12(2)17-14(15)16-8-4-5-9-18-10-6-7-13(3)11-18;/h12-13H,4-11H2,1-3H3,(H3,15,16,17);1H. The van der Waals surface area contributed by atoms with Crippen LogP contribution in [0.15, 0.2) is 4.99 Å². The molecule has 19 heavy (non-hydrogen) atoms. The molecule has 0 aliphatic carbocycles. The van der Waals surface area contributed by atoms with Crippen molar-refractivity contribution in [1.82, 2.24) is 10.2 Å². The zero-order chi connectivity index (χ0) is 13.4. The summed E-state index contributed by atoms with van der Waals surface area (Å²) in [4.78, 5) is 6.92. The van der Waals surface area contributed by atoms with E-state index in [2.05, 4.69) is 36.0 Å². The molecule has 1 aliphatic heterocycles. The van der Waals surface area contributed by atoms with Gasteiger partial charge in [-0.2, -0.15) is 0 Å². The van der Waals surface area contributed by atoms with Crippen molar-refractivity contribution in [2.45, 2.75) is 52.5 Å². The molecule has 0 aromatic rings. The van der Waals surface area contributed by atoms with E-state index >= 15 is 0 Å². The molecule has 1 saturated heterocycles. The molecule has 0 saturated carbocycles. The van der Waals surface area contributed by atoms with Crippen molar-refractivity contribution in [2.24, 2.45) is 16.6 Å². The van der Waals surface area contributed by atoms with Crippen LogP contribution in [0.2, 0.25) is 0 Å². The molecule has 1 atom stereocenters. The highest BCUT2D eigenvalue weighted by Gasteiger charge is 2.14. The zero-order valence-electron chi connectivity index (χ0n) is 12.7. The molecule has 0 aromatic carbocycles. The second-order valence-electron chi connectivity index (χ2n) is 5.82. The lowest BCUT2D eigenvalue weighted by Crippen LogP contribution is -2.37. The number of halogens is 1. The minimum atomic E-state index is 0. The van der Waals surface area contributed by atoms with Crippen molar-refractivity contribution < 1.29 is 0 Å². The van der Waals surface area contributed by atoms with Crippen LogP contribution in [-0.2, 0) is 0 Å². The maximum atomic E-state index is 5.75. The molecule has 1 unspecified atom stereocenters. The Morgan fingerprint density at radius 1 is 1.42 bits per heavy atom. The smallest absolute Gasteiger partial charge is 0.188 e. The van der Waals surface area contributed by atoms with E-state index < -0.39 is 0 Å². The molecule has 5 heteroatoms. The molecule has 0 amide bonds. The van der Waals surface area contributed by atoms with Gasteiger partial charge in [0.1, 0.15) is 0 Å². The van der Waals surface area contributed by atoms with E-state index in [9.17, 15) is 0 Å². The van der Waals surface area contributed by atoms with Gasteiger partial charge in [-0.25, -0.2) is 0 Å². The van der Waals surface area contributed by atoms with Crippen LogP contribution in [0.5, 0.6) is 0 Å². The number of unbranched alkanes of at least 4 members (excludes halogenated alkanes) is 1. The van der Waals surface area contributed by atoms with Gasteiger partial charge in [-0.3, -0.25) is 4.99 Å². The van der Waals surface area contributed by atoms with Crippen molar-refractivity contribution in [3.05, 3.63) is 0 Å². The minimum Gasteiger partial charge on any atom is -0.370 e. The predicted molar refractivity (Wildman–Crippen MR) is 94.2 cm³/mol. The van der Waals surface area contributed by atoms with Crippen LogP contribution in [0, 0.1) is 5.92 Å². The molecule has 1 aliphatic rings. The van der Waals surface area contributed by atoms with Gasteiger partial charge in [0.25, 0.3) is 0 Å². The van der Waals surface area contributed by atoms with Gasteiger partial charge in [-0.15, -0.1) is 24.0 Å². The van der Waals surface area contributed by atoms with E-state index in [0.29, 0.717) is 12.0 Å². The van der Waals surface area contributed by atoms with E-state index in [1.54, 1.807) is 0 Å². The van der Waals surface area contributed by atoms with Gasteiger partial charge in [0.15, 0.2) is 5.96 Å². The van der Waals surface area contributed by atoms with Gasteiger partial charge < -0.3 is 16.0 Å². The van der Waals surface area contributed by atoms with Crippen molar-refractivity contribution in [3.63, 3.8) is 0 Å². The molecule has 0 radical (unpaired) electrons. The molecule has 114 valence electrons. The predicted octanol–water partition coefficient (Wildman–Crippen LogP) is 2.43. The molecule has 3 N–H and O–H groups in total. The molecule has 1 fully saturated rings. The highest BCUT2D eigenvalue weighted by molar-refractivity contribution is 14.0. The number of guanidine groups is 1. The summed E-state index contributed by atoms with van der Waals surface area (Å²) >= 11 is 0. The lowest BCUT2D eigenvalue weighted by atomic mass is 10.0. The molecule has 4 nitrogen and oxygen atoms in total. The number of hydrogen-bond acceptors (Lipinski definition) is 2. The quantitative estimate of drug-likeness (QED) is 0.321. The van der Waals surface area contributed by atoms with Crippen LogP contribution in [-0.4, -0.2) is 43.1 Å². The van der Waals surface area contributed by atoms with Crippen LogP contribution in [0.3, 0.4) is 0 Å². The summed E-state index contributed by atoms with van der Waals surface area (Å²) in [5.74, 6) is 1.46. The maximum Gasteiger partial charge on any atom is 0.188 e. The normalized spacial score (nSPS) is 21.3. The van der Waals surface area contributed by atoms with E-state index in [-0.39, 0.29) is 24.0 Å². The number of rotatable bonds is 6. The Hall–Kier alpha value is -0.0400. The van der Waals surface area contributed by atoms with Crippen LogP contribution >= 0.6 is 24.0 Å². The molecule has 0 aromatic heterocycles. The third-order valence-corrected chi connectivity index (χ3v) is 3.34. The number of aliphatic imine (C=N–C) groups is 1. The fourth-order valence-electron chi connectivity index (χ4n) is 2.48. The number of likely N-dealkylation sites (tertiary alicyclic amines) is 1. The van der Waals surface area contributed by atoms with E-state index in [1.165, 1.54) is 38.9 Å². The average molecular weight is 382 g/mol. The van der Waals surface area contributed by atoms with Crippen molar-refractivity contribution >= 4 is 29.9 Å². The van der Waals surface area contributed by atoms with Crippen LogP contribution in [0.1, 0.15) is 46.5 Å². The van der Waals surface area contributed by atoms with E-state index in [4.69, 9.17) is 5.73 Å². The highest BCUT2D eigenvalue weighted by atomic mass is 127. The average Bonchev–Trinajstić information content (AvgIpc) is 2.27. The largest absolute Gasteiger partial charge is 0.370 e. The monoisotopic (exact) mass is 382 g/mol. The van der Waals surface area contributed by atoms with Gasteiger partial charge in [0.05, 0.1) is 0 Å². The summed E-state index contributed by atoms with van der Waals surface area (Å²) in [5, 5.41) is 3.11. The van der Waals surface area contributed by atoms with Gasteiger partial charge in [-0.05, 0) is 58.5 Å². The first kappa shape index (κ1) is 19.0. The number of nitrogens with two attached hydrogens (primary N) is 1. The van der Waals surface area contributed by atoms with Gasteiger partial charge in [-0.1, -0.05) is 6.92 Å². The summed E-state index contributed by atoms with van der Waals surface area (Å²) < 4.78 is 0. The van der Waals surface area contributed by atoms with E-state index in [1.807, 2.05) is 0 Å². The maximum absolute atomic E-state index is 5.75. The topological polar surface area (TPSA) is 53.6 Å². The number of piperidine rings is 1. The Morgan fingerprint density at radius 3 is 2.79 bits per heavy atom. The molecule has 1 heterocycles. The summed E-state index contributed by atoms with van der Waals surface area (Å²) in [6.45, 7) is 11.1. The fraction of sp³-hybridized carbons (Fsp3) is 0.929. The summed E-state index contributed by atoms with van der Waals surface area (Å²) in [7, 11) is 0. The third-order valence-electron chi connectivity index (χ3n) is 3.34. The Labute approximate surface area is 135 Å². The van der Waals surface area contributed by atoms with Crippen molar-refractivity contribution in [3.8, 4) is 0 Å². The molecule has 1 rings (SSSR count). The number of nitrogens with zero attached hydrogens (tertiary/aromatic N) is 2. The second-order valence-corrected chi connectivity index (χ2v) is 5.82. The Kier molecular flexibility index (Phi) is 10.7. The number of hydrogen-bond donors (Lipinski definition) is 2. The third kappa shape index (κ3) is 9.49. The number of nitrogens with one attached hydrogen (secondary N) is 1. The van der Waals surface area contributed by atoms with Crippen LogP contribution in [0.4, 0.5) is 0 Å². The minimum absolute atomic E-state index is 0. The van der Waals surface area contributed by atoms with Crippen LogP contribution in [0.25, 0.3) is 0 Å². The lowest BCUT2D eigenvalue weighted by Gasteiger charge is -2.30. The van der Waals surface area contributed by atoms with Crippen molar-refractivity contribution in [1.29, 1.82) is 0 Å². The first-order chi connectivity index (χ1) is 8.58. The first-order valence-electron chi connectivity index (χ1n) is 7.36. The molecular formula is C14H31IN4. The SMILES string of the molecule is CC1CCCN(CCCCN=C(N)NC(C)C)C1.I. The first-order valence-corrected chi connectivity index (χ1v) is 7.36. The van der Waals surface area contributed by atoms with E-state index in [0.717, 1.165) is 18.9 Å². The molecular weight excluding hydrogens is 351 g/mol. The van der Waals surface area contributed by atoms with Gasteiger partial charge in [0, 0.05) is 19.1 Å². The summed E-state index contributed by atoms with van der Waals surface area (Å²) in [6, 6.07) is 0.364.